The molecule has 0 spiro atoms. The van der Waals surface area contributed by atoms with Gasteiger partial charge in [-0.25, -0.2) is 0 Å². The predicted octanol–water partition coefficient (Wildman–Crippen LogP) is 4.90. The van der Waals surface area contributed by atoms with Crippen LogP contribution in [0.2, 0.25) is 0 Å². The van der Waals surface area contributed by atoms with Gasteiger partial charge in [0.2, 0.25) is 0 Å². The molecule has 0 aliphatic rings. The zero-order valence-corrected chi connectivity index (χ0v) is 12.6. The molecule has 17 heavy (non-hydrogen) atoms. The SMILES string of the molecule is CCCCCC[C@H](C)NCc1ccc(Br)cc1. The lowest BCUT2D eigenvalue weighted by molar-refractivity contribution is 0.482. The number of hydrogen-bond donors (Lipinski definition) is 1. The summed E-state index contributed by atoms with van der Waals surface area (Å²) in [6.07, 6.45) is 6.71. The Kier molecular flexibility index (Phi) is 7.54. The molecule has 0 saturated heterocycles. The van der Waals surface area contributed by atoms with E-state index >= 15 is 0 Å². The lowest BCUT2D eigenvalue weighted by Crippen LogP contribution is -2.25. The number of benzene rings is 1. The molecule has 2 heteroatoms. The van der Waals surface area contributed by atoms with Gasteiger partial charge in [-0.2, -0.15) is 0 Å². The van der Waals surface area contributed by atoms with Crippen molar-refractivity contribution in [3.63, 3.8) is 0 Å². The Hall–Kier alpha value is -0.340. The molecule has 96 valence electrons. The van der Waals surface area contributed by atoms with Crippen LogP contribution in [0.5, 0.6) is 0 Å². The normalized spacial score (nSPS) is 12.6. The molecule has 1 nitrogen and oxygen atoms in total. The lowest BCUT2D eigenvalue weighted by atomic mass is 10.1. The van der Waals surface area contributed by atoms with E-state index in [1.54, 1.807) is 0 Å². The number of unbranched alkanes of at least 4 members (excludes halogenated alkanes) is 3. The summed E-state index contributed by atoms with van der Waals surface area (Å²) < 4.78 is 1.15. The molecule has 0 aromatic heterocycles. The van der Waals surface area contributed by atoms with Crippen molar-refractivity contribution in [2.45, 2.75) is 58.5 Å². The van der Waals surface area contributed by atoms with Crippen LogP contribution in [0.3, 0.4) is 0 Å². The summed E-state index contributed by atoms with van der Waals surface area (Å²) in [6, 6.07) is 9.16. The Bertz CT molecular complexity index is 294. The molecule has 0 unspecified atom stereocenters. The maximum Gasteiger partial charge on any atom is 0.0207 e. The van der Waals surface area contributed by atoms with Gasteiger partial charge in [0.25, 0.3) is 0 Å². The van der Waals surface area contributed by atoms with Crippen molar-refractivity contribution in [2.75, 3.05) is 0 Å². The summed E-state index contributed by atoms with van der Waals surface area (Å²) in [4.78, 5) is 0. The predicted molar refractivity (Wildman–Crippen MR) is 79.2 cm³/mol. The number of hydrogen-bond acceptors (Lipinski definition) is 1. The molecule has 0 amide bonds. The van der Waals surface area contributed by atoms with Gasteiger partial charge in [-0.05, 0) is 31.0 Å². The molecule has 0 aliphatic carbocycles. The van der Waals surface area contributed by atoms with Crippen molar-refractivity contribution in [3.8, 4) is 0 Å². The molecule has 1 aromatic carbocycles. The minimum Gasteiger partial charge on any atom is -0.310 e. The van der Waals surface area contributed by atoms with Gasteiger partial charge in [0, 0.05) is 17.1 Å². The van der Waals surface area contributed by atoms with E-state index in [2.05, 4.69) is 59.4 Å². The molecule has 0 bridgehead atoms. The van der Waals surface area contributed by atoms with Crippen molar-refractivity contribution in [1.82, 2.24) is 5.32 Å². The Morgan fingerprint density at radius 2 is 1.82 bits per heavy atom. The summed E-state index contributed by atoms with van der Waals surface area (Å²) >= 11 is 3.45. The molecule has 0 fully saturated rings. The summed E-state index contributed by atoms with van der Waals surface area (Å²) in [6.45, 7) is 5.52. The summed E-state index contributed by atoms with van der Waals surface area (Å²) in [7, 11) is 0. The van der Waals surface area contributed by atoms with E-state index in [9.17, 15) is 0 Å². The highest BCUT2D eigenvalue weighted by Gasteiger charge is 2.01. The van der Waals surface area contributed by atoms with Crippen LogP contribution in [-0.4, -0.2) is 6.04 Å². The third-order valence-electron chi connectivity index (χ3n) is 3.06. The van der Waals surface area contributed by atoms with E-state index in [0.29, 0.717) is 6.04 Å². The van der Waals surface area contributed by atoms with Gasteiger partial charge in [-0.3, -0.25) is 0 Å². The van der Waals surface area contributed by atoms with Crippen LogP contribution in [0.25, 0.3) is 0 Å². The third-order valence-corrected chi connectivity index (χ3v) is 3.59. The van der Waals surface area contributed by atoms with Crippen LogP contribution in [0, 0.1) is 0 Å². The maximum atomic E-state index is 3.58. The molecule has 1 N–H and O–H groups in total. The topological polar surface area (TPSA) is 12.0 Å². The molecular weight excluding hydrogens is 274 g/mol. The van der Waals surface area contributed by atoms with E-state index < -0.39 is 0 Å². The highest BCUT2D eigenvalue weighted by Crippen LogP contribution is 2.11. The molecule has 1 atom stereocenters. The monoisotopic (exact) mass is 297 g/mol. The van der Waals surface area contributed by atoms with Gasteiger partial charge in [-0.1, -0.05) is 60.7 Å². The van der Waals surface area contributed by atoms with Gasteiger partial charge in [0.15, 0.2) is 0 Å². The van der Waals surface area contributed by atoms with Gasteiger partial charge < -0.3 is 5.32 Å². The van der Waals surface area contributed by atoms with E-state index in [1.807, 2.05) is 0 Å². The van der Waals surface area contributed by atoms with Crippen molar-refractivity contribution in [2.24, 2.45) is 0 Å². The second-order valence-corrected chi connectivity index (χ2v) is 5.67. The summed E-state index contributed by atoms with van der Waals surface area (Å²) in [5.74, 6) is 0. The van der Waals surface area contributed by atoms with Gasteiger partial charge >= 0.3 is 0 Å². The van der Waals surface area contributed by atoms with Crippen molar-refractivity contribution in [3.05, 3.63) is 34.3 Å². The van der Waals surface area contributed by atoms with Gasteiger partial charge in [-0.15, -0.1) is 0 Å². The molecule has 0 radical (unpaired) electrons. The fourth-order valence-corrected chi connectivity index (χ4v) is 2.14. The average molecular weight is 298 g/mol. The van der Waals surface area contributed by atoms with Crippen LogP contribution in [0.4, 0.5) is 0 Å². The number of halogens is 1. The van der Waals surface area contributed by atoms with Crippen molar-refractivity contribution < 1.29 is 0 Å². The van der Waals surface area contributed by atoms with Crippen LogP contribution >= 0.6 is 15.9 Å². The lowest BCUT2D eigenvalue weighted by Gasteiger charge is -2.13. The first kappa shape index (κ1) is 14.7. The summed E-state index contributed by atoms with van der Waals surface area (Å²) in [5, 5.41) is 3.58. The van der Waals surface area contributed by atoms with Crippen LogP contribution in [-0.2, 0) is 6.54 Å². The minimum absolute atomic E-state index is 0.621. The number of rotatable bonds is 8. The molecule has 1 aromatic rings. The van der Waals surface area contributed by atoms with Crippen LogP contribution in [0.1, 0.15) is 51.5 Å². The Balaban J connectivity index is 2.14. The number of nitrogens with one attached hydrogen (secondary N) is 1. The molecule has 1 rings (SSSR count). The van der Waals surface area contributed by atoms with E-state index in [0.717, 1.165) is 11.0 Å². The van der Waals surface area contributed by atoms with Gasteiger partial charge in [0.05, 0.1) is 0 Å². The standard InChI is InChI=1S/C15H24BrN/c1-3-4-5-6-7-13(2)17-12-14-8-10-15(16)11-9-14/h8-11,13,17H,3-7,12H2,1-2H3/t13-/m0/s1. The Morgan fingerprint density at radius 3 is 2.47 bits per heavy atom. The van der Waals surface area contributed by atoms with E-state index in [1.165, 1.54) is 37.7 Å². The molecule has 0 aliphatic heterocycles. The van der Waals surface area contributed by atoms with Crippen molar-refractivity contribution in [1.29, 1.82) is 0 Å². The first-order valence-electron chi connectivity index (χ1n) is 6.70. The first-order chi connectivity index (χ1) is 8.22. The molecular formula is C15H24BrN. The second kappa shape index (κ2) is 8.71. The maximum absolute atomic E-state index is 3.58. The minimum atomic E-state index is 0.621. The highest BCUT2D eigenvalue weighted by atomic mass is 79.9. The van der Waals surface area contributed by atoms with E-state index in [-0.39, 0.29) is 0 Å². The van der Waals surface area contributed by atoms with Crippen LogP contribution in [0.15, 0.2) is 28.7 Å². The van der Waals surface area contributed by atoms with Crippen LogP contribution < -0.4 is 5.32 Å². The largest absolute Gasteiger partial charge is 0.310 e. The second-order valence-electron chi connectivity index (χ2n) is 4.76. The quantitative estimate of drug-likeness (QED) is 0.673. The molecule has 0 heterocycles. The summed E-state index contributed by atoms with van der Waals surface area (Å²) in [5.41, 5.74) is 1.36. The average Bonchev–Trinajstić information content (AvgIpc) is 2.34. The van der Waals surface area contributed by atoms with Gasteiger partial charge in [0.1, 0.15) is 0 Å². The Morgan fingerprint density at radius 1 is 1.12 bits per heavy atom. The smallest absolute Gasteiger partial charge is 0.0207 e. The third kappa shape index (κ3) is 6.85. The van der Waals surface area contributed by atoms with Crippen molar-refractivity contribution >= 4 is 15.9 Å². The fraction of sp³-hybridized carbons (Fsp3) is 0.600. The van der Waals surface area contributed by atoms with E-state index in [4.69, 9.17) is 0 Å². The fourth-order valence-electron chi connectivity index (χ4n) is 1.87. The highest BCUT2D eigenvalue weighted by molar-refractivity contribution is 9.10. The zero-order valence-electron chi connectivity index (χ0n) is 11.0. The Labute approximate surface area is 114 Å². The zero-order chi connectivity index (χ0) is 12.5. The first-order valence-corrected chi connectivity index (χ1v) is 7.49. The molecule has 0 saturated carbocycles.